The summed E-state index contributed by atoms with van der Waals surface area (Å²) < 4.78 is 0. The number of nitrogens with zero attached hydrogens (tertiary/aromatic N) is 1. The van der Waals surface area contributed by atoms with Crippen molar-refractivity contribution in [1.82, 2.24) is 20.5 Å². The molecule has 1 aromatic heterocycles. The molecule has 7 nitrogen and oxygen atoms in total. The van der Waals surface area contributed by atoms with Crippen molar-refractivity contribution in [3.8, 4) is 0 Å². The van der Waals surface area contributed by atoms with Crippen LogP contribution >= 0.6 is 11.8 Å². The third-order valence-corrected chi connectivity index (χ3v) is 5.80. The van der Waals surface area contributed by atoms with Crippen molar-refractivity contribution in [2.45, 2.75) is 43.7 Å². The van der Waals surface area contributed by atoms with E-state index in [1.807, 2.05) is 0 Å². The third kappa shape index (κ3) is 3.26. The maximum absolute atomic E-state index is 12.0. The number of carbonyl (C=O) groups is 1. The molecule has 1 aromatic rings. The Kier molecular flexibility index (Phi) is 4.37. The van der Waals surface area contributed by atoms with Crippen molar-refractivity contribution < 1.29 is 4.79 Å². The smallest absolute Gasteiger partial charge is 0.342 e. The van der Waals surface area contributed by atoms with E-state index in [1.165, 1.54) is 25.7 Å². The molecule has 2 fully saturated rings. The van der Waals surface area contributed by atoms with Gasteiger partial charge < -0.3 is 5.32 Å². The second-order valence-electron chi connectivity index (χ2n) is 6.30. The first-order valence-electron chi connectivity index (χ1n) is 7.64. The number of aromatic amines is 2. The standard InChI is InChI=1S/C14H20N4O3S/c1-7(10-5-8-2-3-9(10)4-8)15-11(19)6-22-13-12(20)16-14(21)18-17-13/h7-10H,2-6H2,1H3,(H,15,19)(H2,16,18,20,21)/t7-,8-,9-,10-/m0/s1. The lowest BCUT2D eigenvalue weighted by molar-refractivity contribution is -0.119. The van der Waals surface area contributed by atoms with Gasteiger partial charge in [-0.1, -0.05) is 18.2 Å². The van der Waals surface area contributed by atoms with E-state index in [4.69, 9.17) is 0 Å². The first-order chi connectivity index (χ1) is 10.5. The minimum Gasteiger partial charge on any atom is -0.353 e. The predicted molar refractivity (Wildman–Crippen MR) is 82.7 cm³/mol. The quantitative estimate of drug-likeness (QED) is 0.683. The number of H-pyrrole nitrogens is 2. The molecule has 2 saturated carbocycles. The number of aromatic nitrogens is 3. The van der Waals surface area contributed by atoms with E-state index in [0.29, 0.717) is 5.92 Å². The van der Waals surface area contributed by atoms with E-state index in [2.05, 4.69) is 27.4 Å². The van der Waals surface area contributed by atoms with Crippen LogP contribution in [0.3, 0.4) is 0 Å². The fourth-order valence-corrected chi connectivity index (χ4v) is 4.52. The Morgan fingerprint density at radius 2 is 2.23 bits per heavy atom. The van der Waals surface area contributed by atoms with Gasteiger partial charge in [0.25, 0.3) is 5.56 Å². The summed E-state index contributed by atoms with van der Waals surface area (Å²) in [6.07, 6.45) is 5.18. The highest BCUT2D eigenvalue weighted by Gasteiger charge is 2.42. The van der Waals surface area contributed by atoms with Crippen LogP contribution in [0.15, 0.2) is 14.6 Å². The lowest BCUT2D eigenvalue weighted by Crippen LogP contribution is -2.41. The highest BCUT2D eigenvalue weighted by atomic mass is 32.2. The molecule has 3 rings (SSSR count). The minimum atomic E-state index is -0.649. The zero-order valence-electron chi connectivity index (χ0n) is 12.4. The monoisotopic (exact) mass is 324 g/mol. The molecular weight excluding hydrogens is 304 g/mol. The largest absolute Gasteiger partial charge is 0.353 e. The first-order valence-corrected chi connectivity index (χ1v) is 8.62. The van der Waals surface area contributed by atoms with Crippen molar-refractivity contribution in [3.63, 3.8) is 0 Å². The lowest BCUT2D eigenvalue weighted by Gasteiger charge is -2.28. The van der Waals surface area contributed by atoms with Crippen LogP contribution in [-0.2, 0) is 4.79 Å². The molecule has 4 atom stereocenters. The van der Waals surface area contributed by atoms with Gasteiger partial charge in [0.05, 0.1) is 5.75 Å². The number of fused-ring (bicyclic) bond motifs is 2. The van der Waals surface area contributed by atoms with Gasteiger partial charge >= 0.3 is 5.69 Å². The van der Waals surface area contributed by atoms with Gasteiger partial charge in [-0.15, -0.1) is 0 Å². The Morgan fingerprint density at radius 1 is 1.41 bits per heavy atom. The molecule has 0 aromatic carbocycles. The van der Waals surface area contributed by atoms with Crippen LogP contribution in [0.5, 0.6) is 0 Å². The molecule has 1 amide bonds. The maximum atomic E-state index is 12.0. The minimum absolute atomic E-state index is 0.0994. The van der Waals surface area contributed by atoms with Crippen molar-refractivity contribution >= 4 is 17.7 Å². The molecule has 0 radical (unpaired) electrons. The molecule has 120 valence electrons. The SMILES string of the molecule is C[C@H](NC(=O)CSc1n[nH]c(=O)[nH]c1=O)[C@@H]1C[C@H]2CC[C@H]1C2. The van der Waals surface area contributed by atoms with Crippen molar-refractivity contribution in [2.24, 2.45) is 17.8 Å². The molecule has 0 saturated heterocycles. The molecule has 3 N–H and O–H groups in total. The molecule has 1 heterocycles. The Balaban J connectivity index is 1.50. The van der Waals surface area contributed by atoms with Crippen LogP contribution in [0.4, 0.5) is 0 Å². The highest BCUT2D eigenvalue weighted by molar-refractivity contribution is 7.99. The number of carbonyl (C=O) groups excluding carboxylic acids is 1. The molecule has 0 aliphatic heterocycles. The molecular formula is C14H20N4O3S. The topological polar surface area (TPSA) is 108 Å². The van der Waals surface area contributed by atoms with Gasteiger partial charge in [-0.05, 0) is 43.9 Å². The second-order valence-corrected chi connectivity index (χ2v) is 7.26. The molecule has 0 unspecified atom stereocenters. The molecule has 2 aliphatic rings. The van der Waals surface area contributed by atoms with Gasteiger partial charge in [-0.3, -0.25) is 14.6 Å². The van der Waals surface area contributed by atoms with Crippen molar-refractivity contribution in [2.75, 3.05) is 5.75 Å². The molecule has 2 aliphatic carbocycles. The molecule has 0 spiro atoms. The molecule has 2 bridgehead atoms. The summed E-state index contributed by atoms with van der Waals surface area (Å²) in [5.41, 5.74) is -1.22. The summed E-state index contributed by atoms with van der Waals surface area (Å²) in [7, 11) is 0. The van der Waals surface area contributed by atoms with E-state index in [-0.39, 0.29) is 22.7 Å². The summed E-state index contributed by atoms with van der Waals surface area (Å²) >= 11 is 1.03. The van der Waals surface area contributed by atoms with E-state index < -0.39 is 11.2 Å². The van der Waals surface area contributed by atoms with Crippen LogP contribution in [0, 0.1) is 17.8 Å². The van der Waals surface area contributed by atoms with Gasteiger partial charge in [-0.2, -0.15) is 5.10 Å². The number of nitrogens with one attached hydrogen (secondary N) is 3. The zero-order chi connectivity index (χ0) is 15.7. The van der Waals surface area contributed by atoms with Gasteiger partial charge in [0, 0.05) is 6.04 Å². The normalized spacial score (nSPS) is 27.8. The maximum Gasteiger partial charge on any atom is 0.342 e. The Morgan fingerprint density at radius 3 is 2.86 bits per heavy atom. The number of rotatable bonds is 5. The Hall–Kier alpha value is -1.57. The van der Waals surface area contributed by atoms with Gasteiger partial charge in [0.15, 0.2) is 5.03 Å². The number of amides is 1. The van der Waals surface area contributed by atoms with Gasteiger partial charge in [0.2, 0.25) is 5.91 Å². The van der Waals surface area contributed by atoms with Crippen LogP contribution < -0.4 is 16.6 Å². The fraction of sp³-hybridized carbons (Fsp3) is 0.714. The molecule has 22 heavy (non-hydrogen) atoms. The van der Waals surface area contributed by atoms with Gasteiger partial charge in [-0.25, -0.2) is 9.89 Å². The average molecular weight is 324 g/mol. The average Bonchev–Trinajstić information content (AvgIpc) is 3.09. The lowest BCUT2D eigenvalue weighted by atomic mass is 9.84. The highest BCUT2D eigenvalue weighted by Crippen LogP contribution is 2.49. The summed E-state index contributed by atoms with van der Waals surface area (Å²) in [6, 6.07) is 0.172. The fourth-order valence-electron chi connectivity index (χ4n) is 3.88. The first kappa shape index (κ1) is 15.3. The van der Waals surface area contributed by atoms with Crippen LogP contribution in [0.2, 0.25) is 0 Å². The van der Waals surface area contributed by atoms with Crippen LogP contribution in [0.1, 0.15) is 32.6 Å². The van der Waals surface area contributed by atoms with E-state index in [9.17, 15) is 14.4 Å². The number of hydrogen-bond acceptors (Lipinski definition) is 5. The molecule has 8 heteroatoms. The van der Waals surface area contributed by atoms with E-state index >= 15 is 0 Å². The summed E-state index contributed by atoms with van der Waals surface area (Å²) in [4.78, 5) is 36.5. The predicted octanol–water partition coefficient (Wildman–Crippen LogP) is 0.491. The zero-order valence-corrected chi connectivity index (χ0v) is 13.2. The van der Waals surface area contributed by atoms with Crippen LogP contribution in [-0.4, -0.2) is 32.9 Å². The second kappa shape index (κ2) is 6.28. The summed E-state index contributed by atoms with van der Waals surface area (Å²) in [6.45, 7) is 2.07. The number of thioether (sulfide) groups is 1. The summed E-state index contributed by atoms with van der Waals surface area (Å²) in [5.74, 6) is 2.21. The van der Waals surface area contributed by atoms with Gasteiger partial charge in [0.1, 0.15) is 0 Å². The number of hydrogen-bond donors (Lipinski definition) is 3. The summed E-state index contributed by atoms with van der Waals surface area (Å²) in [5, 5.41) is 8.93. The van der Waals surface area contributed by atoms with E-state index in [1.54, 1.807) is 0 Å². The van der Waals surface area contributed by atoms with Crippen LogP contribution in [0.25, 0.3) is 0 Å². The Bertz CT molecular complexity index is 671. The van der Waals surface area contributed by atoms with Crippen molar-refractivity contribution in [1.29, 1.82) is 0 Å². The van der Waals surface area contributed by atoms with Crippen molar-refractivity contribution in [3.05, 3.63) is 20.8 Å². The third-order valence-electron chi connectivity index (χ3n) is 4.84. The van der Waals surface area contributed by atoms with E-state index in [0.717, 1.165) is 23.6 Å². The Labute approximate surface area is 131 Å².